The molecule has 0 bridgehead atoms. The van der Waals surface area contributed by atoms with Crippen molar-refractivity contribution < 1.29 is 9.59 Å². The Hall–Kier alpha value is -1.20. The summed E-state index contributed by atoms with van der Waals surface area (Å²) in [4.78, 5) is 26.4. The van der Waals surface area contributed by atoms with Crippen molar-refractivity contribution in [2.45, 2.75) is 33.1 Å². The largest absolute Gasteiger partial charge is 0.356 e. The molecule has 0 spiro atoms. The summed E-state index contributed by atoms with van der Waals surface area (Å²) in [6.45, 7) is 8.04. The Balaban J connectivity index is 2.10. The van der Waals surface area contributed by atoms with Crippen LogP contribution in [0.5, 0.6) is 0 Å². The maximum absolute atomic E-state index is 11.7. The number of rotatable bonds is 10. The molecule has 0 aliphatic rings. The molecule has 0 aliphatic carbocycles. The van der Waals surface area contributed by atoms with Gasteiger partial charge in [0.05, 0.1) is 4.88 Å². The van der Waals surface area contributed by atoms with Crippen molar-refractivity contribution in [3.8, 4) is 0 Å². The number of amides is 1. The van der Waals surface area contributed by atoms with Gasteiger partial charge in [0, 0.05) is 19.4 Å². The van der Waals surface area contributed by atoms with Crippen LogP contribution in [0.3, 0.4) is 0 Å². The lowest BCUT2D eigenvalue weighted by Crippen LogP contribution is -2.30. The lowest BCUT2D eigenvalue weighted by molar-refractivity contribution is -0.121. The minimum Gasteiger partial charge on any atom is -0.356 e. The van der Waals surface area contributed by atoms with Gasteiger partial charge in [0.1, 0.15) is 0 Å². The number of nitrogens with zero attached hydrogens (tertiary/aromatic N) is 1. The van der Waals surface area contributed by atoms with Crippen LogP contribution < -0.4 is 5.32 Å². The lowest BCUT2D eigenvalue weighted by atomic mass is 10.2. The van der Waals surface area contributed by atoms with Gasteiger partial charge in [-0.15, -0.1) is 11.3 Å². The minimum absolute atomic E-state index is 0.0329. The van der Waals surface area contributed by atoms with Gasteiger partial charge in [-0.3, -0.25) is 9.59 Å². The fourth-order valence-corrected chi connectivity index (χ4v) is 2.64. The summed E-state index contributed by atoms with van der Waals surface area (Å²) in [5.41, 5.74) is 0. The van der Waals surface area contributed by atoms with Crippen LogP contribution in [-0.2, 0) is 4.79 Å². The van der Waals surface area contributed by atoms with E-state index in [9.17, 15) is 9.59 Å². The van der Waals surface area contributed by atoms with Crippen molar-refractivity contribution in [3.05, 3.63) is 22.4 Å². The molecule has 0 saturated carbocycles. The SMILES string of the molecule is CCN(CC)CCCNC(=O)CCC(=O)c1cccs1. The van der Waals surface area contributed by atoms with Crippen molar-refractivity contribution >= 4 is 23.0 Å². The van der Waals surface area contributed by atoms with Gasteiger partial charge in [-0.1, -0.05) is 19.9 Å². The first-order valence-electron chi connectivity index (χ1n) is 7.23. The summed E-state index contributed by atoms with van der Waals surface area (Å²) in [6, 6.07) is 3.65. The van der Waals surface area contributed by atoms with Crippen LogP contribution in [0, 0.1) is 0 Å². The van der Waals surface area contributed by atoms with Gasteiger partial charge < -0.3 is 10.2 Å². The number of hydrogen-bond acceptors (Lipinski definition) is 4. The predicted molar refractivity (Wildman–Crippen MR) is 83.3 cm³/mol. The first-order chi connectivity index (χ1) is 9.67. The second-order valence-corrected chi connectivity index (χ2v) is 5.58. The molecule has 5 heteroatoms. The van der Waals surface area contributed by atoms with E-state index < -0.39 is 0 Å². The fourth-order valence-electron chi connectivity index (χ4n) is 1.95. The highest BCUT2D eigenvalue weighted by Gasteiger charge is 2.09. The summed E-state index contributed by atoms with van der Waals surface area (Å²) in [7, 11) is 0. The molecule has 4 nitrogen and oxygen atoms in total. The van der Waals surface area contributed by atoms with Crippen LogP contribution in [0.25, 0.3) is 0 Å². The van der Waals surface area contributed by atoms with Crippen molar-refractivity contribution in [3.63, 3.8) is 0 Å². The van der Waals surface area contributed by atoms with E-state index in [1.165, 1.54) is 11.3 Å². The number of thiophene rings is 1. The zero-order valence-electron chi connectivity index (χ0n) is 12.4. The van der Waals surface area contributed by atoms with Gasteiger partial charge in [0.15, 0.2) is 5.78 Å². The molecule has 0 radical (unpaired) electrons. The molecule has 1 N–H and O–H groups in total. The van der Waals surface area contributed by atoms with E-state index >= 15 is 0 Å². The first-order valence-corrected chi connectivity index (χ1v) is 8.11. The van der Waals surface area contributed by atoms with Gasteiger partial charge in [-0.25, -0.2) is 0 Å². The molecule has 1 heterocycles. The minimum atomic E-state index is -0.0329. The highest BCUT2D eigenvalue weighted by atomic mass is 32.1. The quantitative estimate of drug-likeness (QED) is 0.533. The third-order valence-electron chi connectivity index (χ3n) is 3.24. The molecule has 0 saturated heterocycles. The van der Waals surface area contributed by atoms with Crippen LogP contribution in [0.1, 0.15) is 42.8 Å². The Morgan fingerprint density at radius 2 is 2.00 bits per heavy atom. The average Bonchev–Trinajstić information content (AvgIpc) is 2.99. The van der Waals surface area contributed by atoms with E-state index in [0.29, 0.717) is 13.0 Å². The molecule has 1 rings (SSSR count). The van der Waals surface area contributed by atoms with E-state index in [2.05, 4.69) is 24.1 Å². The second kappa shape index (κ2) is 9.66. The molecular formula is C15H24N2O2S. The molecular weight excluding hydrogens is 272 g/mol. The highest BCUT2D eigenvalue weighted by Crippen LogP contribution is 2.12. The third-order valence-corrected chi connectivity index (χ3v) is 4.15. The Morgan fingerprint density at radius 1 is 1.25 bits per heavy atom. The van der Waals surface area contributed by atoms with E-state index in [-0.39, 0.29) is 18.1 Å². The van der Waals surface area contributed by atoms with Crippen LogP contribution in [0.4, 0.5) is 0 Å². The smallest absolute Gasteiger partial charge is 0.220 e. The van der Waals surface area contributed by atoms with Gasteiger partial charge in [0.25, 0.3) is 0 Å². The fraction of sp³-hybridized carbons (Fsp3) is 0.600. The van der Waals surface area contributed by atoms with Gasteiger partial charge in [-0.2, -0.15) is 0 Å². The maximum atomic E-state index is 11.7. The van der Waals surface area contributed by atoms with Gasteiger partial charge in [-0.05, 0) is 37.5 Å². The number of ketones is 1. The summed E-state index contributed by atoms with van der Waals surface area (Å²) in [5.74, 6) is 0.0211. The van der Waals surface area contributed by atoms with Gasteiger partial charge in [0.2, 0.25) is 5.91 Å². The summed E-state index contributed by atoms with van der Waals surface area (Å²) in [6.07, 6.45) is 1.52. The molecule has 0 aromatic carbocycles. The Bertz CT molecular complexity index is 400. The molecule has 0 fully saturated rings. The van der Waals surface area contributed by atoms with Crippen molar-refractivity contribution in [1.29, 1.82) is 0 Å². The average molecular weight is 296 g/mol. The van der Waals surface area contributed by atoms with Crippen LogP contribution in [0.2, 0.25) is 0 Å². The second-order valence-electron chi connectivity index (χ2n) is 4.63. The number of hydrogen-bond donors (Lipinski definition) is 1. The van der Waals surface area contributed by atoms with Crippen LogP contribution >= 0.6 is 11.3 Å². The Labute approximate surface area is 125 Å². The molecule has 0 atom stereocenters. The highest BCUT2D eigenvalue weighted by molar-refractivity contribution is 7.12. The predicted octanol–water partition coefficient (Wildman–Crippen LogP) is 2.56. The lowest BCUT2D eigenvalue weighted by Gasteiger charge is -2.17. The summed E-state index contributed by atoms with van der Waals surface area (Å²) >= 11 is 1.43. The topological polar surface area (TPSA) is 49.4 Å². The summed E-state index contributed by atoms with van der Waals surface area (Å²) in [5, 5.41) is 4.75. The third kappa shape index (κ3) is 6.30. The maximum Gasteiger partial charge on any atom is 0.220 e. The molecule has 1 amide bonds. The number of nitrogens with one attached hydrogen (secondary N) is 1. The Morgan fingerprint density at radius 3 is 2.60 bits per heavy atom. The molecule has 1 aromatic rings. The molecule has 1 aromatic heterocycles. The molecule has 20 heavy (non-hydrogen) atoms. The van der Waals surface area contributed by atoms with Crippen LogP contribution in [0.15, 0.2) is 17.5 Å². The van der Waals surface area contributed by atoms with Crippen molar-refractivity contribution in [2.75, 3.05) is 26.2 Å². The van der Waals surface area contributed by atoms with Crippen molar-refractivity contribution in [1.82, 2.24) is 10.2 Å². The zero-order chi connectivity index (χ0) is 14.8. The molecule has 112 valence electrons. The zero-order valence-corrected chi connectivity index (χ0v) is 13.2. The van der Waals surface area contributed by atoms with E-state index in [1.54, 1.807) is 6.07 Å². The van der Waals surface area contributed by atoms with E-state index in [1.807, 2.05) is 11.4 Å². The monoisotopic (exact) mass is 296 g/mol. The van der Waals surface area contributed by atoms with E-state index in [0.717, 1.165) is 30.9 Å². The Kier molecular flexibility index (Phi) is 8.14. The molecule has 0 aliphatic heterocycles. The number of carbonyl (C=O) groups is 2. The summed E-state index contributed by atoms with van der Waals surface area (Å²) < 4.78 is 0. The van der Waals surface area contributed by atoms with Crippen molar-refractivity contribution in [2.24, 2.45) is 0 Å². The standard InChI is InChI=1S/C15H24N2O2S/c1-3-17(4-2)11-6-10-16-15(19)9-8-13(18)14-7-5-12-20-14/h5,7,12H,3-4,6,8-11H2,1-2H3,(H,16,19). The first kappa shape index (κ1) is 16.9. The van der Waals surface area contributed by atoms with E-state index in [4.69, 9.17) is 0 Å². The number of Topliss-reactive ketones (excluding diaryl/α,β-unsaturated/α-hetero) is 1. The van der Waals surface area contributed by atoms with Gasteiger partial charge >= 0.3 is 0 Å². The number of carbonyl (C=O) groups excluding carboxylic acids is 2. The normalized spacial score (nSPS) is 10.8. The molecule has 0 unspecified atom stereocenters. The van der Waals surface area contributed by atoms with Crippen LogP contribution in [-0.4, -0.2) is 42.8 Å².